The van der Waals surface area contributed by atoms with E-state index in [1.165, 1.54) is 0 Å². The highest BCUT2D eigenvalue weighted by Crippen LogP contribution is 2.43. The van der Waals surface area contributed by atoms with Gasteiger partial charge in [-0.05, 0) is 47.5 Å². The number of thioether (sulfide) groups is 1. The Bertz CT molecular complexity index is 1390. The number of anilines is 1. The van der Waals surface area contributed by atoms with E-state index in [0.29, 0.717) is 11.3 Å². The number of nitrogens with one attached hydrogen (secondary N) is 1. The van der Waals surface area contributed by atoms with Crippen LogP contribution >= 0.6 is 11.8 Å². The molecule has 0 spiro atoms. The number of hydrogen-bond acceptors (Lipinski definition) is 6. The number of ether oxygens (including phenoxy) is 3. The maximum Gasteiger partial charge on any atom is 0.255 e. The lowest BCUT2D eigenvalue weighted by atomic mass is 9.91. The van der Waals surface area contributed by atoms with Crippen LogP contribution in [-0.4, -0.2) is 30.0 Å². The Hall–Kier alpha value is -3.62. The van der Waals surface area contributed by atoms with Gasteiger partial charge >= 0.3 is 0 Å². The molecule has 0 aliphatic carbocycles. The predicted octanol–water partition coefficient (Wildman–Crippen LogP) is 7.02. The zero-order valence-corrected chi connectivity index (χ0v) is 23.3. The third-order valence-corrected chi connectivity index (χ3v) is 8.22. The van der Waals surface area contributed by atoms with E-state index in [-0.39, 0.29) is 30.6 Å². The van der Waals surface area contributed by atoms with E-state index in [1.54, 1.807) is 31.0 Å². The molecule has 1 aliphatic rings. The van der Waals surface area contributed by atoms with Crippen molar-refractivity contribution in [2.75, 3.05) is 18.2 Å². The van der Waals surface area contributed by atoms with Crippen LogP contribution in [-0.2, 0) is 16.1 Å². The molecule has 5 rings (SSSR count). The third-order valence-electron chi connectivity index (χ3n) is 7.07. The predicted molar refractivity (Wildman–Crippen MR) is 158 cm³/mol. The zero-order valence-electron chi connectivity index (χ0n) is 22.5. The molecular formula is C33H33NO5S. The molecule has 1 saturated heterocycles. The SMILES string of the molecule is COc1ccccc1SC[C@H]1O[C@@H](c2ccc(NC(=O)c3ccccc3)cc2)O[C@@H](c2ccc(CO)cc2)[C@H]1C. The van der Waals surface area contributed by atoms with Gasteiger partial charge in [0, 0.05) is 33.4 Å². The Kier molecular flexibility index (Phi) is 9.19. The summed E-state index contributed by atoms with van der Waals surface area (Å²) in [4.78, 5) is 13.6. The standard InChI is InChI=1S/C33H33NO5S/c1-22-29(21-40-30-11-7-6-10-28(30)37-2)38-33(39-31(22)24-14-12-23(20-35)13-15-24)26-16-18-27(19-17-26)34-32(36)25-8-4-3-5-9-25/h3-19,22,29,31,33,35H,20-21H2,1-2H3,(H,34,36)/t22-,29+,31+,33+/m0/s1. The van der Waals surface area contributed by atoms with E-state index < -0.39 is 6.29 Å². The van der Waals surface area contributed by atoms with Crippen molar-refractivity contribution < 1.29 is 24.1 Å². The van der Waals surface area contributed by atoms with E-state index in [1.807, 2.05) is 84.9 Å². The maximum absolute atomic E-state index is 12.6. The largest absolute Gasteiger partial charge is 0.496 e. The van der Waals surface area contributed by atoms with E-state index in [9.17, 15) is 9.90 Å². The minimum absolute atomic E-state index is 0.00156. The molecule has 0 aromatic heterocycles. The van der Waals surface area contributed by atoms with Crippen molar-refractivity contribution in [3.63, 3.8) is 0 Å². The first-order chi connectivity index (χ1) is 19.6. The fraction of sp³-hybridized carbons (Fsp3) is 0.242. The lowest BCUT2D eigenvalue weighted by Crippen LogP contribution is -2.38. The second kappa shape index (κ2) is 13.2. The molecule has 0 saturated carbocycles. The summed E-state index contributed by atoms with van der Waals surface area (Å²) in [5, 5.41) is 12.4. The van der Waals surface area contributed by atoms with Gasteiger partial charge in [-0.2, -0.15) is 0 Å². The van der Waals surface area contributed by atoms with Gasteiger partial charge in [0.05, 0.1) is 25.9 Å². The molecule has 1 aliphatic heterocycles. The van der Waals surface area contributed by atoms with Crippen LogP contribution in [0.25, 0.3) is 0 Å². The normalized spacial score (nSPS) is 20.6. The number of aliphatic hydroxyl groups excluding tert-OH is 1. The molecule has 1 amide bonds. The van der Waals surface area contributed by atoms with Crippen molar-refractivity contribution in [1.29, 1.82) is 0 Å². The first-order valence-corrected chi connectivity index (χ1v) is 14.3. The molecule has 0 unspecified atom stereocenters. The van der Waals surface area contributed by atoms with Gasteiger partial charge < -0.3 is 24.6 Å². The van der Waals surface area contributed by atoms with Gasteiger partial charge in [-0.3, -0.25) is 4.79 Å². The van der Waals surface area contributed by atoms with Crippen LogP contribution in [0.15, 0.2) is 108 Å². The summed E-state index contributed by atoms with van der Waals surface area (Å²) in [5.41, 5.74) is 4.06. The topological polar surface area (TPSA) is 77.0 Å². The van der Waals surface area contributed by atoms with Crippen molar-refractivity contribution in [1.82, 2.24) is 0 Å². The van der Waals surface area contributed by atoms with Crippen LogP contribution in [0.3, 0.4) is 0 Å². The molecule has 7 heteroatoms. The summed E-state index contributed by atoms with van der Waals surface area (Å²) < 4.78 is 18.7. The Morgan fingerprint density at radius 1 is 0.875 bits per heavy atom. The summed E-state index contributed by atoms with van der Waals surface area (Å²) in [6.07, 6.45) is -0.887. The lowest BCUT2D eigenvalue weighted by Gasteiger charge is -2.41. The Morgan fingerprint density at radius 3 is 2.25 bits per heavy atom. The van der Waals surface area contributed by atoms with Gasteiger partial charge in [-0.1, -0.05) is 73.7 Å². The molecule has 4 aromatic rings. The molecule has 1 fully saturated rings. The van der Waals surface area contributed by atoms with E-state index in [0.717, 1.165) is 33.1 Å². The van der Waals surface area contributed by atoms with Gasteiger partial charge in [0.1, 0.15) is 5.75 Å². The van der Waals surface area contributed by atoms with Crippen LogP contribution in [0.5, 0.6) is 5.75 Å². The monoisotopic (exact) mass is 555 g/mol. The maximum atomic E-state index is 12.6. The first kappa shape index (κ1) is 27.9. The van der Waals surface area contributed by atoms with Crippen LogP contribution < -0.4 is 10.1 Å². The highest BCUT2D eigenvalue weighted by molar-refractivity contribution is 7.99. The van der Waals surface area contributed by atoms with Gasteiger partial charge in [-0.15, -0.1) is 11.8 Å². The number of amides is 1. The Balaban J connectivity index is 1.35. The number of aliphatic hydroxyl groups is 1. The van der Waals surface area contributed by atoms with Crippen LogP contribution in [0.2, 0.25) is 0 Å². The summed E-state index contributed by atoms with van der Waals surface area (Å²) in [5.74, 6) is 1.47. The summed E-state index contributed by atoms with van der Waals surface area (Å²) in [6, 6.07) is 32.6. The van der Waals surface area contributed by atoms with Gasteiger partial charge in [0.2, 0.25) is 0 Å². The van der Waals surface area contributed by atoms with Crippen molar-refractivity contribution in [2.45, 2.75) is 36.9 Å². The minimum atomic E-state index is -0.583. The molecule has 0 bridgehead atoms. The lowest BCUT2D eigenvalue weighted by molar-refractivity contribution is -0.268. The minimum Gasteiger partial charge on any atom is -0.496 e. The summed E-state index contributed by atoms with van der Waals surface area (Å²) in [7, 11) is 1.68. The summed E-state index contributed by atoms with van der Waals surface area (Å²) in [6.45, 7) is 2.15. The summed E-state index contributed by atoms with van der Waals surface area (Å²) >= 11 is 1.70. The number of hydrogen-bond donors (Lipinski definition) is 2. The quantitative estimate of drug-likeness (QED) is 0.216. The third kappa shape index (κ3) is 6.57. The van der Waals surface area contributed by atoms with Crippen molar-refractivity contribution in [3.8, 4) is 5.75 Å². The van der Waals surface area contributed by atoms with E-state index in [2.05, 4.69) is 18.3 Å². The number of carbonyl (C=O) groups is 1. The molecule has 6 nitrogen and oxygen atoms in total. The fourth-order valence-electron chi connectivity index (χ4n) is 4.74. The van der Waals surface area contributed by atoms with Gasteiger partial charge in [0.25, 0.3) is 5.91 Å². The van der Waals surface area contributed by atoms with Gasteiger partial charge in [-0.25, -0.2) is 0 Å². The number of rotatable bonds is 9. The van der Waals surface area contributed by atoms with E-state index in [4.69, 9.17) is 14.2 Å². The Morgan fingerprint density at radius 2 is 1.55 bits per heavy atom. The van der Waals surface area contributed by atoms with Crippen LogP contribution in [0.4, 0.5) is 5.69 Å². The highest BCUT2D eigenvalue weighted by Gasteiger charge is 2.38. The average Bonchev–Trinajstić information content (AvgIpc) is 3.01. The second-order valence-electron chi connectivity index (χ2n) is 9.73. The number of benzene rings is 4. The van der Waals surface area contributed by atoms with Crippen molar-refractivity contribution >= 4 is 23.4 Å². The average molecular weight is 556 g/mol. The number of para-hydroxylation sites is 1. The molecule has 4 aromatic carbocycles. The number of carbonyl (C=O) groups excluding carboxylic acids is 1. The first-order valence-electron chi connectivity index (χ1n) is 13.3. The fourth-order valence-corrected chi connectivity index (χ4v) is 5.93. The second-order valence-corrected chi connectivity index (χ2v) is 10.8. The molecular weight excluding hydrogens is 522 g/mol. The molecule has 40 heavy (non-hydrogen) atoms. The molecule has 206 valence electrons. The van der Waals surface area contributed by atoms with Crippen LogP contribution in [0, 0.1) is 5.92 Å². The van der Waals surface area contributed by atoms with Gasteiger partial charge in [0.15, 0.2) is 6.29 Å². The zero-order chi connectivity index (χ0) is 27.9. The van der Waals surface area contributed by atoms with E-state index >= 15 is 0 Å². The van der Waals surface area contributed by atoms with Crippen LogP contribution in [0.1, 0.15) is 46.4 Å². The smallest absolute Gasteiger partial charge is 0.255 e. The molecule has 1 heterocycles. The van der Waals surface area contributed by atoms with Crippen molar-refractivity contribution in [2.24, 2.45) is 5.92 Å². The number of methoxy groups -OCH3 is 1. The highest BCUT2D eigenvalue weighted by atomic mass is 32.2. The molecule has 2 N–H and O–H groups in total. The Labute approximate surface area is 239 Å². The molecule has 0 radical (unpaired) electrons. The molecule has 4 atom stereocenters. The van der Waals surface area contributed by atoms with Crippen molar-refractivity contribution in [3.05, 3.63) is 125 Å².